The van der Waals surface area contributed by atoms with Crippen LogP contribution in [-0.2, 0) is 14.8 Å². The quantitative estimate of drug-likeness (QED) is 0.778. The van der Waals surface area contributed by atoms with E-state index in [4.69, 9.17) is 15.2 Å². The van der Waals surface area contributed by atoms with Gasteiger partial charge in [-0.1, -0.05) is 0 Å². The molecule has 0 atom stereocenters. The van der Waals surface area contributed by atoms with E-state index in [0.29, 0.717) is 50.8 Å². The summed E-state index contributed by atoms with van der Waals surface area (Å²) in [4.78, 5) is 14.2. The van der Waals surface area contributed by atoms with Crippen molar-refractivity contribution in [3.05, 3.63) is 18.2 Å². The predicted molar refractivity (Wildman–Crippen MR) is 103 cm³/mol. The minimum atomic E-state index is -3.67. The van der Waals surface area contributed by atoms with E-state index in [0.717, 1.165) is 0 Å². The molecule has 1 fully saturated rings. The van der Waals surface area contributed by atoms with E-state index in [1.165, 1.54) is 16.4 Å². The maximum absolute atomic E-state index is 13.0. The van der Waals surface area contributed by atoms with Gasteiger partial charge in [-0.25, -0.2) is 8.42 Å². The molecule has 3 rings (SSSR count). The Morgan fingerprint density at radius 3 is 2.41 bits per heavy atom. The summed E-state index contributed by atoms with van der Waals surface area (Å²) in [7, 11) is -3.67. The number of carbonyl (C=O) groups excluding carboxylic acids is 1. The first-order valence-corrected chi connectivity index (χ1v) is 10.1. The normalized spacial score (nSPS) is 18.4. The van der Waals surface area contributed by atoms with Gasteiger partial charge in [0.15, 0.2) is 11.5 Å². The SMILES string of the molecule is CC(C)(N)C(=O)N1CCCN(S(=O)(=O)c2ccc3c(c2)OCCO3)CC1.Cl. The highest BCUT2D eigenvalue weighted by Crippen LogP contribution is 2.33. The standard InChI is InChI=1S/C17H25N3O5S.ClH/c1-17(2,18)16(21)19-6-3-7-20(9-8-19)26(22,23)13-4-5-14-15(12-13)25-11-10-24-14;/h4-5,12H,3,6-11,18H2,1-2H3;1H. The molecule has 0 aromatic heterocycles. The van der Waals surface area contributed by atoms with Crippen LogP contribution in [0.4, 0.5) is 0 Å². The largest absolute Gasteiger partial charge is 0.486 e. The van der Waals surface area contributed by atoms with Gasteiger partial charge in [0.25, 0.3) is 0 Å². The van der Waals surface area contributed by atoms with E-state index in [9.17, 15) is 13.2 Å². The molecule has 1 aromatic rings. The lowest BCUT2D eigenvalue weighted by Crippen LogP contribution is -2.52. The van der Waals surface area contributed by atoms with Crippen LogP contribution in [0, 0.1) is 0 Å². The number of hydrogen-bond donors (Lipinski definition) is 1. The molecule has 1 amide bonds. The molecule has 8 nitrogen and oxygen atoms in total. The molecule has 0 aliphatic carbocycles. The van der Waals surface area contributed by atoms with Gasteiger partial charge < -0.3 is 20.1 Å². The Morgan fingerprint density at radius 1 is 1.07 bits per heavy atom. The Kier molecular flexibility index (Phi) is 6.62. The van der Waals surface area contributed by atoms with Crippen LogP contribution in [0.25, 0.3) is 0 Å². The number of sulfonamides is 1. The fourth-order valence-corrected chi connectivity index (χ4v) is 4.56. The van der Waals surface area contributed by atoms with Crippen LogP contribution in [0.2, 0.25) is 0 Å². The second-order valence-electron chi connectivity index (χ2n) is 7.08. The van der Waals surface area contributed by atoms with E-state index in [1.807, 2.05) is 0 Å². The monoisotopic (exact) mass is 419 g/mol. The first-order chi connectivity index (χ1) is 12.2. The average molecular weight is 420 g/mol. The predicted octanol–water partition coefficient (Wildman–Crippen LogP) is 0.840. The Morgan fingerprint density at radius 2 is 1.74 bits per heavy atom. The molecule has 1 aromatic carbocycles. The highest BCUT2D eigenvalue weighted by molar-refractivity contribution is 7.89. The van der Waals surface area contributed by atoms with Crippen molar-refractivity contribution in [2.24, 2.45) is 5.73 Å². The van der Waals surface area contributed by atoms with Gasteiger partial charge in [-0.05, 0) is 32.4 Å². The number of nitrogens with two attached hydrogens (primary N) is 1. The van der Waals surface area contributed by atoms with Crippen molar-refractivity contribution >= 4 is 28.3 Å². The van der Waals surface area contributed by atoms with Gasteiger partial charge in [0.1, 0.15) is 13.2 Å². The maximum Gasteiger partial charge on any atom is 0.243 e. The second kappa shape index (κ2) is 8.22. The fourth-order valence-electron chi connectivity index (χ4n) is 3.08. The molecule has 1 saturated heterocycles. The van der Waals surface area contributed by atoms with Crippen LogP contribution >= 0.6 is 12.4 Å². The molecule has 2 heterocycles. The molecule has 27 heavy (non-hydrogen) atoms. The van der Waals surface area contributed by atoms with Crippen molar-refractivity contribution in [3.8, 4) is 11.5 Å². The summed E-state index contributed by atoms with van der Waals surface area (Å²) in [6.07, 6.45) is 0.561. The third kappa shape index (κ3) is 4.66. The number of ether oxygens (including phenoxy) is 2. The summed E-state index contributed by atoms with van der Waals surface area (Å²) in [6, 6.07) is 4.65. The zero-order chi connectivity index (χ0) is 18.9. The summed E-state index contributed by atoms with van der Waals surface area (Å²) in [5.74, 6) is 0.818. The minimum absolute atomic E-state index is 0. The first-order valence-electron chi connectivity index (χ1n) is 8.67. The Labute approximate surface area is 166 Å². The Balaban J connectivity index is 0.00000261. The molecule has 2 aliphatic heterocycles. The topological polar surface area (TPSA) is 102 Å². The lowest BCUT2D eigenvalue weighted by atomic mass is 10.1. The van der Waals surface area contributed by atoms with Crippen molar-refractivity contribution in [3.63, 3.8) is 0 Å². The van der Waals surface area contributed by atoms with Crippen molar-refractivity contribution in [2.75, 3.05) is 39.4 Å². The zero-order valence-electron chi connectivity index (χ0n) is 15.5. The van der Waals surface area contributed by atoms with Crippen LogP contribution in [-0.4, -0.2) is 68.5 Å². The Bertz CT molecular complexity index is 794. The smallest absolute Gasteiger partial charge is 0.243 e. The average Bonchev–Trinajstić information content (AvgIpc) is 2.86. The molecule has 0 saturated carbocycles. The number of fused-ring (bicyclic) bond motifs is 1. The molecule has 2 N–H and O–H groups in total. The Hall–Kier alpha value is -1.55. The summed E-state index contributed by atoms with van der Waals surface area (Å²) < 4.78 is 38.3. The number of halogens is 1. The number of nitrogens with zero attached hydrogens (tertiary/aromatic N) is 2. The number of rotatable bonds is 3. The van der Waals surface area contributed by atoms with Gasteiger partial charge in [-0.15, -0.1) is 12.4 Å². The van der Waals surface area contributed by atoms with Crippen LogP contribution in [0.15, 0.2) is 23.1 Å². The second-order valence-corrected chi connectivity index (χ2v) is 9.01. The fraction of sp³-hybridized carbons (Fsp3) is 0.588. The zero-order valence-corrected chi connectivity index (χ0v) is 17.1. The molecule has 10 heteroatoms. The van der Waals surface area contributed by atoms with Crippen LogP contribution in [0.3, 0.4) is 0 Å². The molecule has 0 radical (unpaired) electrons. The minimum Gasteiger partial charge on any atom is -0.486 e. The highest BCUT2D eigenvalue weighted by atomic mass is 35.5. The van der Waals surface area contributed by atoms with Gasteiger partial charge in [0.05, 0.1) is 10.4 Å². The molecular weight excluding hydrogens is 394 g/mol. The van der Waals surface area contributed by atoms with E-state index in [2.05, 4.69) is 0 Å². The highest BCUT2D eigenvalue weighted by Gasteiger charge is 2.32. The van der Waals surface area contributed by atoms with Gasteiger partial charge in [0, 0.05) is 32.2 Å². The number of hydrogen-bond acceptors (Lipinski definition) is 6. The van der Waals surface area contributed by atoms with Gasteiger partial charge in [0.2, 0.25) is 15.9 Å². The molecule has 152 valence electrons. The van der Waals surface area contributed by atoms with Crippen LogP contribution in [0.1, 0.15) is 20.3 Å². The molecule has 0 unspecified atom stereocenters. The van der Waals surface area contributed by atoms with Crippen LogP contribution in [0.5, 0.6) is 11.5 Å². The summed E-state index contributed by atoms with van der Waals surface area (Å²) in [6.45, 7) is 5.56. The van der Waals surface area contributed by atoms with Crippen molar-refractivity contribution in [1.82, 2.24) is 9.21 Å². The molecule has 0 spiro atoms. The van der Waals surface area contributed by atoms with Gasteiger partial charge in [-0.2, -0.15) is 4.31 Å². The number of benzene rings is 1. The van der Waals surface area contributed by atoms with Crippen molar-refractivity contribution in [2.45, 2.75) is 30.7 Å². The van der Waals surface area contributed by atoms with E-state index < -0.39 is 15.6 Å². The maximum atomic E-state index is 13.0. The summed E-state index contributed by atoms with van der Waals surface area (Å²) in [5.41, 5.74) is 4.92. The van der Waals surface area contributed by atoms with Crippen molar-refractivity contribution < 1.29 is 22.7 Å². The van der Waals surface area contributed by atoms with Gasteiger partial charge >= 0.3 is 0 Å². The van der Waals surface area contributed by atoms with Gasteiger partial charge in [-0.3, -0.25) is 4.79 Å². The molecular formula is C17H26ClN3O5S. The van der Waals surface area contributed by atoms with E-state index in [1.54, 1.807) is 24.8 Å². The van der Waals surface area contributed by atoms with E-state index >= 15 is 0 Å². The summed E-state index contributed by atoms with van der Waals surface area (Å²) >= 11 is 0. The number of carbonyl (C=O) groups is 1. The third-order valence-corrected chi connectivity index (χ3v) is 6.34. The third-order valence-electron chi connectivity index (χ3n) is 4.44. The lowest BCUT2D eigenvalue weighted by Gasteiger charge is -2.28. The first kappa shape index (κ1) is 21.7. The summed E-state index contributed by atoms with van der Waals surface area (Å²) in [5, 5.41) is 0. The lowest BCUT2D eigenvalue weighted by molar-refractivity contribution is -0.135. The van der Waals surface area contributed by atoms with Crippen molar-refractivity contribution in [1.29, 1.82) is 0 Å². The van der Waals surface area contributed by atoms with Crippen LogP contribution < -0.4 is 15.2 Å². The molecule has 0 bridgehead atoms. The molecule has 2 aliphatic rings. The van der Waals surface area contributed by atoms with E-state index in [-0.39, 0.29) is 29.8 Å². The number of amides is 1.